The fourth-order valence-electron chi connectivity index (χ4n) is 6.76. The number of nitrogens with zero attached hydrogens (tertiary/aromatic N) is 4. The summed E-state index contributed by atoms with van der Waals surface area (Å²) < 4.78 is 7.85. The van der Waals surface area contributed by atoms with Crippen LogP contribution >= 0.6 is 0 Å². The monoisotopic (exact) mass is 371 g/mol. The van der Waals surface area contributed by atoms with E-state index in [2.05, 4.69) is 26.5 Å². The Morgan fingerprint density at radius 1 is 1.26 bits per heavy atom. The molecule has 1 aliphatic heterocycles. The lowest BCUT2D eigenvalue weighted by Gasteiger charge is -2.57. The molecule has 5 fully saturated rings. The van der Waals surface area contributed by atoms with Crippen LogP contribution in [0.1, 0.15) is 50.2 Å². The number of aromatic nitrogens is 2. The summed E-state index contributed by atoms with van der Waals surface area (Å²) in [5.74, 6) is 4.04. The molecule has 5 aliphatic rings. The Balaban J connectivity index is 1.23. The van der Waals surface area contributed by atoms with Gasteiger partial charge in [-0.25, -0.2) is 0 Å². The first-order chi connectivity index (χ1) is 13.1. The quantitative estimate of drug-likeness (QED) is 0.655. The zero-order chi connectivity index (χ0) is 18.4. The van der Waals surface area contributed by atoms with Gasteiger partial charge < -0.3 is 15.0 Å². The molecule has 6 nitrogen and oxygen atoms in total. The SMILES string of the molecule is CN=C(NCC12CC3CC(CC(C3)C1)C2)N1CCOC(c2cnn(C)c2)C1. The van der Waals surface area contributed by atoms with Crippen LogP contribution in [0, 0.1) is 23.2 Å². The number of aryl methyl sites for hydroxylation is 1. The van der Waals surface area contributed by atoms with Crippen LogP contribution < -0.4 is 5.32 Å². The topological polar surface area (TPSA) is 54.7 Å². The molecule has 1 aromatic heterocycles. The maximum absolute atomic E-state index is 6.00. The number of ether oxygens (including phenoxy) is 1. The van der Waals surface area contributed by atoms with Gasteiger partial charge in [0.05, 0.1) is 19.3 Å². The third-order valence-corrected chi connectivity index (χ3v) is 7.46. The number of nitrogens with one attached hydrogen (secondary N) is 1. The number of hydrogen-bond acceptors (Lipinski definition) is 3. The lowest BCUT2D eigenvalue weighted by Crippen LogP contribution is -2.54. The Morgan fingerprint density at radius 2 is 1.96 bits per heavy atom. The van der Waals surface area contributed by atoms with Crippen molar-refractivity contribution >= 4 is 5.96 Å². The molecular weight excluding hydrogens is 338 g/mol. The summed E-state index contributed by atoms with van der Waals surface area (Å²) in [5, 5.41) is 8.07. The Bertz CT molecular complexity index is 676. The van der Waals surface area contributed by atoms with Crippen molar-refractivity contribution in [1.29, 1.82) is 0 Å². The summed E-state index contributed by atoms with van der Waals surface area (Å²) in [6.07, 6.45) is 12.9. The predicted molar refractivity (Wildman–Crippen MR) is 105 cm³/mol. The zero-order valence-corrected chi connectivity index (χ0v) is 16.7. The second-order valence-electron chi connectivity index (χ2n) is 9.57. The highest BCUT2D eigenvalue weighted by Crippen LogP contribution is 2.59. The van der Waals surface area contributed by atoms with Crippen molar-refractivity contribution in [3.05, 3.63) is 18.0 Å². The van der Waals surface area contributed by atoms with Gasteiger partial charge in [-0.3, -0.25) is 9.67 Å². The van der Waals surface area contributed by atoms with Gasteiger partial charge in [0.25, 0.3) is 0 Å². The van der Waals surface area contributed by atoms with Gasteiger partial charge in [-0.15, -0.1) is 0 Å². The average molecular weight is 372 g/mol. The number of hydrogen-bond donors (Lipinski definition) is 1. The Hall–Kier alpha value is -1.56. The number of morpholine rings is 1. The van der Waals surface area contributed by atoms with Crippen LogP contribution in [-0.2, 0) is 11.8 Å². The van der Waals surface area contributed by atoms with E-state index in [1.54, 1.807) is 0 Å². The Morgan fingerprint density at radius 3 is 2.56 bits per heavy atom. The van der Waals surface area contributed by atoms with Crippen molar-refractivity contribution in [1.82, 2.24) is 20.0 Å². The zero-order valence-electron chi connectivity index (χ0n) is 16.7. The van der Waals surface area contributed by atoms with Crippen molar-refractivity contribution in [2.45, 2.75) is 44.6 Å². The molecule has 0 spiro atoms. The van der Waals surface area contributed by atoms with Crippen molar-refractivity contribution in [3.63, 3.8) is 0 Å². The Kier molecular flexibility index (Phi) is 4.42. The van der Waals surface area contributed by atoms with Gasteiger partial charge in [0, 0.05) is 38.9 Å². The molecule has 1 atom stereocenters. The average Bonchev–Trinajstić information content (AvgIpc) is 3.08. The molecule has 4 saturated carbocycles. The molecule has 4 aliphatic carbocycles. The van der Waals surface area contributed by atoms with Crippen LogP contribution in [0.15, 0.2) is 17.4 Å². The highest BCUT2D eigenvalue weighted by Gasteiger charge is 2.50. The highest BCUT2D eigenvalue weighted by atomic mass is 16.5. The number of guanidine groups is 1. The largest absolute Gasteiger partial charge is 0.370 e. The van der Waals surface area contributed by atoms with E-state index in [9.17, 15) is 0 Å². The molecule has 4 bridgehead atoms. The van der Waals surface area contributed by atoms with Crippen LogP contribution in [0.5, 0.6) is 0 Å². The molecule has 0 amide bonds. The maximum atomic E-state index is 6.00. The second-order valence-corrected chi connectivity index (χ2v) is 9.57. The smallest absolute Gasteiger partial charge is 0.193 e. The lowest BCUT2D eigenvalue weighted by molar-refractivity contribution is -0.0500. The molecule has 148 valence electrons. The number of rotatable bonds is 3. The summed E-state index contributed by atoms with van der Waals surface area (Å²) in [6.45, 7) is 3.57. The van der Waals surface area contributed by atoms with E-state index in [1.807, 2.05) is 25.0 Å². The minimum atomic E-state index is 0.0746. The van der Waals surface area contributed by atoms with Crippen molar-refractivity contribution in [2.24, 2.45) is 35.2 Å². The van der Waals surface area contributed by atoms with E-state index < -0.39 is 0 Å². The maximum Gasteiger partial charge on any atom is 0.193 e. The summed E-state index contributed by atoms with van der Waals surface area (Å²) in [4.78, 5) is 6.98. The molecule has 27 heavy (non-hydrogen) atoms. The minimum Gasteiger partial charge on any atom is -0.370 e. The van der Waals surface area contributed by atoms with Crippen molar-refractivity contribution in [3.8, 4) is 0 Å². The van der Waals surface area contributed by atoms with E-state index in [-0.39, 0.29) is 6.10 Å². The van der Waals surface area contributed by atoms with Crippen molar-refractivity contribution in [2.75, 3.05) is 33.3 Å². The minimum absolute atomic E-state index is 0.0746. The van der Waals surface area contributed by atoms with Crippen LogP contribution in [0.25, 0.3) is 0 Å². The fraction of sp³-hybridized carbons (Fsp3) is 0.810. The normalized spacial score (nSPS) is 38.4. The number of aliphatic imine (C=N–C) groups is 1. The van der Waals surface area contributed by atoms with Gasteiger partial charge in [-0.1, -0.05) is 0 Å². The molecular formula is C21H33N5O. The third-order valence-electron chi connectivity index (χ3n) is 7.46. The van der Waals surface area contributed by atoms with E-state index in [1.165, 1.54) is 38.5 Å². The predicted octanol–water partition coefficient (Wildman–Crippen LogP) is 2.59. The second kappa shape index (κ2) is 6.80. The molecule has 1 aromatic rings. The van der Waals surface area contributed by atoms with Crippen LogP contribution in [0.4, 0.5) is 0 Å². The molecule has 0 aromatic carbocycles. The van der Waals surface area contributed by atoms with Crippen LogP contribution in [0.3, 0.4) is 0 Å². The van der Waals surface area contributed by atoms with Crippen LogP contribution in [-0.4, -0.2) is 53.9 Å². The first kappa shape index (κ1) is 17.5. The third kappa shape index (κ3) is 3.37. The molecule has 6 heteroatoms. The van der Waals surface area contributed by atoms with E-state index >= 15 is 0 Å². The molecule has 1 saturated heterocycles. The summed E-state index contributed by atoms with van der Waals surface area (Å²) in [7, 11) is 3.87. The van der Waals surface area contributed by atoms with E-state index in [0.29, 0.717) is 5.41 Å². The molecule has 1 unspecified atom stereocenters. The van der Waals surface area contributed by atoms with Gasteiger partial charge in [-0.2, -0.15) is 5.10 Å². The summed E-state index contributed by atoms with van der Waals surface area (Å²) >= 11 is 0. The van der Waals surface area contributed by atoms with Crippen LogP contribution in [0.2, 0.25) is 0 Å². The van der Waals surface area contributed by atoms with Gasteiger partial charge in [-0.05, 0) is 61.7 Å². The fourth-order valence-corrected chi connectivity index (χ4v) is 6.76. The van der Waals surface area contributed by atoms with E-state index in [4.69, 9.17) is 4.74 Å². The van der Waals surface area contributed by atoms with Gasteiger partial charge >= 0.3 is 0 Å². The van der Waals surface area contributed by atoms with Gasteiger partial charge in [0.1, 0.15) is 6.10 Å². The summed E-state index contributed by atoms with van der Waals surface area (Å²) in [5.41, 5.74) is 1.68. The molecule has 2 heterocycles. The highest BCUT2D eigenvalue weighted by molar-refractivity contribution is 5.80. The first-order valence-corrected chi connectivity index (χ1v) is 10.7. The van der Waals surface area contributed by atoms with Crippen molar-refractivity contribution < 1.29 is 4.74 Å². The van der Waals surface area contributed by atoms with E-state index in [0.717, 1.165) is 55.5 Å². The lowest BCUT2D eigenvalue weighted by atomic mass is 9.49. The molecule has 1 N–H and O–H groups in total. The molecule has 0 radical (unpaired) electrons. The molecule has 6 rings (SSSR count). The summed E-state index contributed by atoms with van der Waals surface area (Å²) in [6, 6.07) is 0. The Labute approximate surface area is 162 Å². The first-order valence-electron chi connectivity index (χ1n) is 10.7. The standard InChI is InChI=1S/C21H33N5O/c1-22-20(26-3-4-27-19(13-26)18-11-24-25(2)12-18)23-14-21-8-15-5-16(9-21)7-17(6-15)10-21/h11-12,15-17,19H,3-10,13-14H2,1-2H3,(H,22,23). The van der Waals surface area contributed by atoms with Gasteiger partial charge in [0.15, 0.2) is 5.96 Å². The van der Waals surface area contributed by atoms with Gasteiger partial charge in [0.2, 0.25) is 0 Å².